The highest BCUT2D eigenvalue weighted by molar-refractivity contribution is 5.97. The van der Waals surface area contributed by atoms with Crippen LogP contribution in [-0.4, -0.2) is 45.1 Å². The number of methoxy groups -OCH3 is 1. The Balaban J connectivity index is 0.00000300. The Kier molecular flexibility index (Phi) is 8.54. The van der Waals surface area contributed by atoms with Gasteiger partial charge in [0.05, 0.1) is 7.11 Å². The van der Waals surface area contributed by atoms with E-state index < -0.39 is 0 Å². The summed E-state index contributed by atoms with van der Waals surface area (Å²) < 4.78 is 5.32. The van der Waals surface area contributed by atoms with E-state index in [9.17, 15) is 4.79 Å². The Morgan fingerprint density at radius 2 is 1.79 bits per heavy atom. The van der Waals surface area contributed by atoms with Crippen molar-refractivity contribution >= 4 is 24.0 Å². The second kappa shape index (κ2) is 10.7. The predicted molar refractivity (Wildman–Crippen MR) is 122 cm³/mol. The van der Waals surface area contributed by atoms with E-state index in [2.05, 4.69) is 56.3 Å². The van der Waals surface area contributed by atoms with Gasteiger partial charge in [0.15, 0.2) is 0 Å². The predicted octanol–water partition coefficient (Wildman–Crippen LogP) is 4.77. The summed E-state index contributed by atoms with van der Waals surface area (Å²) in [5, 5.41) is 0. The van der Waals surface area contributed by atoms with Gasteiger partial charge in [-0.25, -0.2) is 0 Å². The van der Waals surface area contributed by atoms with Gasteiger partial charge in [0.2, 0.25) is 5.91 Å². The Hall–Kier alpha value is -2.04. The number of carbonyl (C=O) groups is 1. The number of halogens is 1. The van der Waals surface area contributed by atoms with E-state index in [0.29, 0.717) is 0 Å². The fourth-order valence-corrected chi connectivity index (χ4v) is 4.18. The van der Waals surface area contributed by atoms with E-state index >= 15 is 0 Å². The van der Waals surface area contributed by atoms with Crippen molar-refractivity contribution in [3.05, 3.63) is 59.7 Å². The first kappa shape index (κ1) is 23.2. The van der Waals surface area contributed by atoms with Gasteiger partial charge < -0.3 is 14.5 Å². The van der Waals surface area contributed by atoms with Crippen molar-refractivity contribution in [3.8, 4) is 5.75 Å². The highest BCUT2D eigenvalue weighted by atomic mass is 35.5. The summed E-state index contributed by atoms with van der Waals surface area (Å²) in [4.78, 5) is 17.9. The summed E-state index contributed by atoms with van der Waals surface area (Å²) in [6.45, 7) is 3.74. The fraction of sp³-hybridized carbons (Fsp3) is 0.458. The topological polar surface area (TPSA) is 32.8 Å². The van der Waals surface area contributed by atoms with Crippen LogP contribution in [0.5, 0.6) is 5.75 Å². The van der Waals surface area contributed by atoms with Crippen LogP contribution >= 0.6 is 12.4 Å². The van der Waals surface area contributed by atoms with Gasteiger partial charge >= 0.3 is 0 Å². The molecule has 158 valence electrons. The number of anilines is 1. The van der Waals surface area contributed by atoms with E-state index in [4.69, 9.17) is 4.74 Å². The molecule has 0 saturated heterocycles. The molecule has 1 heterocycles. The zero-order valence-corrected chi connectivity index (χ0v) is 18.7. The number of rotatable bonds is 7. The Morgan fingerprint density at radius 3 is 2.41 bits per heavy atom. The van der Waals surface area contributed by atoms with E-state index in [1.165, 1.54) is 11.1 Å². The molecular weight excluding hydrogens is 384 g/mol. The van der Waals surface area contributed by atoms with Crippen LogP contribution in [0.2, 0.25) is 0 Å². The van der Waals surface area contributed by atoms with E-state index in [-0.39, 0.29) is 30.2 Å². The van der Waals surface area contributed by atoms with E-state index in [1.54, 1.807) is 7.11 Å². The number of fused-ring (bicyclic) bond motifs is 1. The van der Waals surface area contributed by atoms with Gasteiger partial charge in [0, 0.05) is 24.7 Å². The van der Waals surface area contributed by atoms with Crippen molar-refractivity contribution in [2.75, 3.05) is 39.2 Å². The van der Waals surface area contributed by atoms with Crippen LogP contribution in [0, 0.1) is 5.92 Å². The van der Waals surface area contributed by atoms with Crippen LogP contribution in [0.15, 0.2) is 48.5 Å². The van der Waals surface area contributed by atoms with Gasteiger partial charge in [0.1, 0.15) is 5.75 Å². The molecule has 0 radical (unpaired) electrons. The highest BCUT2D eigenvalue weighted by Gasteiger charge is 2.36. The largest absolute Gasteiger partial charge is 0.497 e. The molecule has 0 saturated carbocycles. The summed E-state index contributed by atoms with van der Waals surface area (Å²) in [7, 11) is 5.79. The molecule has 1 aliphatic rings. The first-order valence-corrected chi connectivity index (χ1v) is 10.2. The van der Waals surface area contributed by atoms with Crippen molar-refractivity contribution in [1.82, 2.24) is 4.90 Å². The molecular formula is C24H33ClN2O2. The van der Waals surface area contributed by atoms with Crippen LogP contribution in [0.3, 0.4) is 0 Å². The number of nitrogens with zero attached hydrogens (tertiary/aromatic N) is 2. The van der Waals surface area contributed by atoms with E-state index in [0.717, 1.165) is 43.8 Å². The van der Waals surface area contributed by atoms with Crippen LogP contribution in [-0.2, 0) is 11.2 Å². The fourth-order valence-electron chi connectivity index (χ4n) is 4.18. The monoisotopic (exact) mass is 416 g/mol. The summed E-state index contributed by atoms with van der Waals surface area (Å²) >= 11 is 0. The zero-order valence-electron chi connectivity index (χ0n) is 17.9. The number of likely N-dealkylation sites (N-methyl/N-ethyl adjacent to an activating group) is 1. The average Bonchev–Trinajstić information content (AvgIpc) is 2.82. The Bertz CT molecular complexity index is 792. The molecule has 0 aromatic heterocycles. The summed E-state index contributed by atoms with van der Waals surface area (Å²) in [5.74, 6) is 1.29. The third-order valence-electron chi connectivity index (χ3n) is 5.71. The van der Waals surface area contributed by atoms with E-state index in [1.807, 2.05) is 23.1 Å². The Labute approximate surface area is 181 Å². The summed E-state index contributed by atoms with van der Waals surface area (Å²) in [6, 6.07) is 16.6. The molecule has 0 N–H and O–H groups in total. The lowest BCUT2D eigenvalue weighted by atomic mass is 9.79. The van der Waals surface area contributed by atoms with Crippen LogP contribution in [0.25, 0.3) is 0 Å². The van der Waals surface area contributed by atoms with Gasteiger partial charge in [-0.15, -0.1) is 12.4 Å². The quantitative estimate of drug-likeness (QED) is 0.651. The molecule has 0 spiro atoms. The zero-order chi connectivity index (χ0) is 20.1. The third kappa shape index (κ3) is 5.31. The van der Waals surface area contributed by atoms with Gasteiger partial charge in [-0.3, -0.25) is 4.79 Å². The minimum atomic E-state index is -0.00652. The average molecular weight is 417 g/mol. The number of amides is 1. The second-order valence-corrected chi connectivity index (χ2v) is 7.90. The maximum absolute atomic E-state index is 13.7. The lowest BCUT2D eigenvalue weighted by Crippen LogP contribution is -2.41. The molecule has 0 fully saturated rings. The summed E-state index contributed by atoms with van der Waals surface area (Å²) in [5.41, 5.74) is 3.55. The number of ether oxygens (including phenoxy) is 1. The Morgan fingerprint density at radius 1 is 1.10 bits per heavy atom. The maximum Gasteiger partial charge on any atom is 0.230 e. The molecule has 29 heavy (non-hydrogen) atoms. The first-order chi connectivity index (χ1) is 13.5. The van der Waals surface area contributed by atoms with Crippen molar-refractivity contribution in [2.24, 2.45) is 5.92 Å². The normalized spacial score (nSPS) is 18.8. The minimum Gasteiger partial charge on any atom is -0.497 e. The molecule has 2 atom stereocenters. The van der Waals surface area contributed by atoms with Crippen LogP contribution in [0.4, 0.5) is 5.69 Å². The summed E-state index contributed by atoms with van der Waals surface area (Å²) in [6.07, 6.45) is 2.79. The highest BCUT2D eigenvalue weighted by Crippen LogP contribution is 2.40. The lowest BCUT2D eigenvalue weighted by molar-refractivity contribution is -0.123. The molecule has 5 heteroatoms. The number of carbonyl (C=O) groups excluding carboxylic acids is 1. The minimum absolute atomic E-state index is 0. The smallest absolute Gasteiger partial charge is 0.230 e. The molecule has 4 nitrogen and oxygen atoms in total. The number of benzene rings is 2. The van der Waals surface area contributed by atoms with Crippen LogP contribution in [0.1, 0.15) is 36.8 Å². The molecule has 0 unspecified atom stereocenters. The van der Waals surface area contributed by atoms with Crippen molar-refractivity contribution < 1.29 is 9.53 Å². The molecule has 1 amide bonds. The van der Waals surface area contributed by atoms with Gasteiger partial charge in [0.25, 0.3) is 0 Å². The van der Waals surface area contributed by atoms with Crippen LogP contribution < -0.4 is 9.64 Å². The van der Waals surface area contributed by atoms with Gasteiger partial charge in [-0.05, 0) is 62.2 Å². The molecule has 2 aromatic rings. The standard InChI is InChI=1S/C24H32N2O2.ClH/c1-5-8-21-22(18-11-13-20(28-4)14-12-18)17-19-9-6-7-10-23(19)26(24(21)27)16-15-25(2)3;/h6-7,9-14,21-22H,5,8,15-17H2,1-4H3;1H/t21-,22+;/m0./s1. The maximum atomic E-state index is 13.7. The lowest BCUT2D eigenvalue weighted by Gasteiger charge is -2.29. The second-order valence-electron chi connectivity index (χ2n) is 7.90. The number of hydrogen-bond acceptors (Lipinski definition) is 3. The third-order valence-corrected chi connectivity index (χ3v) is 5.71. The molecule has 3 rings (SSSR count). The van der Waals surface area contributed by atoms with Crippen molar-refractivity contribution in [3.63, 3.8) is 0 Å². The molecule has 1 aliphatic heterocycles. The molecule has 0 bridgehead atoms. The van der Waals surface area contributed by atoms with Gasteiger partial charge in [-0.1, -0.05) is 43.7 Å². The van der Waals surface area contributed by atoms with Gasteiger partial charge in [-0.2, -0.15) is 0 Å². The van der Waals surface area contributed by atoms with Crippen molar-refractivity contribution in [2.45, 2.75) is 32.1 Å². The molecule has 0 aliphatic carbocycles. The first-order valence-electron chi connectivity index (χ1n) is 10.2. The number of hydrogen-bond donors (Lipinski definition) is 0. The van der Waals surface area contributed by atoms with Crippen molar-refractivity contribution in [1.29, 1.82) is 0 Å². The number of para-hydroxylation sites is 1. The SMILES string of the molecule is CCC[C@@H]1C(=O)N(CCN(C)C)c2ccccc2C[C@@H]1c1ccc(OC)cc1.Cl. The molecule has 2 aromatic carbocycles.